The van der Waals surface area contributed by atoms with Crippen molar-refractivity contribution in [3.8, 4) is 11.5 Å². The number of benzene rings is 2. The number of nitrogens with one attached hydrogen (secondary N) is 1. The molecule has 5 nitrogen and oxygen atoms in total. The summed E-state index contributed by atoms with van der Waals surface area (Å²) < 4.78 is 17.7. The van der Waals surface area contributed by atoms with Crippen molar-refractivity contribution in [2.45, 2.75) is 25.0 Å². The van der Waals surface area contributed by atoms with E-state index in [0.29, 0.717) is 0 Å². The Morgan fingerprint density at radius 1 is 1.04 bits per heavy atom. The number of hydrogen-bond acceptors (Lipinski definition) is 5. The van der Waals surface area contributed by atoms with Gasteiger partial charge in [0.15, 0.2) is 11.5 Å². The lowest BCUT2D eigenvalue weighted by atomic mass is 9.90. The summed E-state index contributed by atoms with van der Waals surface area (Å²) in [5.74, 6) is 1.56. The number of fused-ring (bicyclic) bond motifs is 1. The molecule has 2 atom stereocenters. The zero-order valence-electron chi connectivity index (χ0n) is 16.8. The molecule has 0 saturated carbocycles. The van der Waals surface area contributed by atoms with Gasteiger partial charge in [-0.1, -0.05) is 30.3 Å². The van der Waals surface area contributed by atoms with E-state index in [1.807, 2.05) is 0 Å². The fourth-order valence-electron chi connectivity index (χ4n) is 4.43. The lowest BCUT2D eigenvalue weighted by molar-refractivity contribution is -0.0192. The van der Waals surface area contributed by atoms with Crippen LogP contribution in [0, 0.1) is 0 Å². The van der Waals surface area contributed by atoms with Crippen LogP contribution in [-0.2, 0) is 11.2 Å². The monoisotopic (exact) mass is 382 g/mol. The zero-order valence-corrected chi connectivity index (χ0v) is 16.8. The molecule has 2 aliphatic heterocycles. The molecule has 0 aliphatic carbocycles. The molecule has 0 aromatic heterocycles. The SMILES string of the molecule is COc1cc2c(cc1OC)C(C(c1ccccc1)N1CCNCC1)OCCC2. The third kappa shape index (κ3) is 3.88. The molecule has 2 aromatic carbocycles. The van der Waals surface area contributed by atoms with Crippen LogP contribution in [0.15, 0.2) is 42.5 Å². The highest BCUT2D eigenvalue weighted by molar-refractivity contribution is 5.49. The van der Waals surface area contributed by atoms with E-state index in [9.17, 15) is 0 Å². The molecule has 2 aliphatic rings. The van der Waals surface area contributed by atoms with Crippen molar-refractivity contribution < 1.29 is 14.2 Å². The number of piperazine rings is 1. The minimum absolute atomic E-state index is 0.0298. The molecule has 1 N–H and O–H groups in total. The van der Waals surface area contributed by atoms with E-state index in [1.165, 1.54) is 16.7 Å². The predicted molar refractivity (Wildman–Crippen MR) is 110 cm³/mol. The molecule has 1 saturated heterocycles. The number of methoxy groups -OCH3 is 2. The van der Waals surface area contributed by atoms with Crippen molar-refractivity contribution in [2.75, 3.05) is 47.0 Å². The number of ether oxygens (including phenoxy) is 3. The summed E-state index contributed by atoms with van der Waals surface area (Å²) in [6.45, 7) is 4.81. The van der Waals surface area contributed by atoms with Gasteiger partial charge in [-0.15, -0.1) is 0 Å². The highest BCUT2D eigenvalue weighted by Crippen LogP contribution is 2.43. The van der Waals surface area contributed by atoms with Crippen molar-refractivity contribution in [3.05, 3.63) is 59.2 Å². The summed E-state index contributed by atoms with van der Waals surface area (Å²) >= 11 is 0. The average molecular weight is 383 g/mol. The Bertz CT molecular complexity index is 775. The zero-order chi connectivity index (χ0) is 19.3. The van der Waals surface area contributed by atoms with Crippen LogP contribution >= 0.6 is 0 Å². The van der Waals surface area contributed by atoms with E-state index >= 15 is 0 Å². The Hall–Kier alpha value is -2.08. The lowest BCUT2D eigenvalue weighted by Crippen LogP contribution is -2.47. The van der Waals surface area contributed by atoms with Crippen LogP contribution < -0.4 is 14.8 Å². The van der Waals surface area contributed by atoms with Gasteiger partial charge in [0.2, 0.25) is 0 Å². The summed E-state index contributed by atoms with van der Waals surface area (Å²) in [4.78, 5) is 2.56. The normalized spacial score (nSPS) is 21.4. The topological polar surface area (TPSA) is 43.0 Å². The molecule has 150 valence electrons. The van der Waals surface area contributed by atoms with Gasteiger partial charge in [0.25, 0.3) is 0 Å². The third-order valence-corrected chi connectivity index (χ3v) is 5.81. The van der Waals surface area contributed by atoms with Gasteiger partial charge in [-0.3, -0.25) is 4.90 Å². The summed E-state index contributed by atoms with van der Waals surface area (Å²) in [5, 5.41) is 3.47. The molecule has 2 heterocycles. The number of hydrogen-bond donors (Lipinski definition) is 1. The van der Waals surface area contributed by atoms with E-state index in [0.717, 1.165) is 57.1 Å². The second-order valence-electron chi connectivity index (χ2n) is 7.44. The van der Waals surface area contributed by atoms with Gasteiger partial charge in [0.1, 0.15) is 6.10 Å². The molecule has 28 heavy (non-hydrogen) atoms. The first-order chi connectivity index (χ1) is 13.8. The summed E-state index contributed by atoms with van der Waals surface area (Å²) in [5.41, 5.74) is 3.83. The number of aryl methyl sites for hydroxylation is 1. The minimum Gasteiger partial charge on any atom is -0.493 e. The van der Waals surface area contributed by atoms with Gasteiger partial charge >= 0.3 is 0 Å². The Morgan fingerprint density at radius 2 is 1.75 bits per heavy atom. The largest absolute Gasteiger partial charge is 0.493 e. The van der Waals surface area contributed by atoms with E-state index in [2.05, 4.69) is 52.7 Å². The van der Waals surface area contributed by atoms with Gasteiger partial charge in [0, 0.05) is 32.8 Å². The van der Waals surface area contributed by atoms with Crippen molar-refractivity contribution in [1.29, 1.82) is 0 Å². The fraction of sp³-hybridized carbons (Fsp3) is 0.478. The van der Waals surface area contributed by atoms with Crippen LogP contribution in [0.2, 0.25) is 0 Å². The first-order valence-corrected chi connectivity index (χ1v) is 10.2. The van der Waals surface area contributed by atoms with Crippen LogP contribution in [0.25, 0.3) is 0 Å². The predicted octanol–water partition coefficient (Wildman–Crippen LogP) is 3.35. The van der Waals surface area contributed by atoms with Crippen LogP contribution in [0.1, 0.15) is 35.3 Å². The second kappa shape index (κ2) is 8.95. The molecule has 2 unspecified atom stereocenters. The Balaban J connectivity index is 1.80. The molecule has 0 amide bonds. The molecule has 2 aromatic rings. The quantitative estimate of drug-likeness (QED) is 0.859. The maximum absolute atomic E-state index is 6.51. The maximum Gasteiger partial charge on any atom is 0.161 e. The van der Waals surface area contributed by atoms with Crippen molar-refractivity contribution >= 4 is 0 Å². The Labute approximate surface area is 167 Å². The van der Waals surface area contributed by atoms with Crippen molar-refractivity contribution in [2.24, 2.45) is 0 Å². The molecular formula is C23H30N2O3. The minimum atomic E-state index is -0.0298. The highest BCUT2D eigenvalue weighted by atomic mass is 16.5. The second-order valence-corrected chi connectivity index (χ2v) is 7.44. The molecule has 0 spiro atoms. The van der Waals surface area contributed by atoms with Crippen LogP contribution in [-0.4, -0.2) is 51.9 Å². The molecule has 0 radical (unpaired) electrons. The van der Waals surface area contributed by atoms with Crippen LogP contribution in [0.5, 0.6) is 11.5 Å². The van der Waals surface area contributed by atoms with E-state index in [4.69, 9.17) is 14.2 Å². The van der Waals surface area contributed by atoms with Crippen molar-refractivity contribution in [1.82, 2.24) is 10.2 Å². The van der Waals surface area contributed by atoms with Gasteiger partial charge in [0.05, 0.1) is 20.3 Å². The van der Waals surface area contributed by atoms with Gasteiger partial charge in [-0.2, -0.15) is 0 Å². The van der Waals surface area contributed by atoms with Crippen LogP contribution in [0.3, 0.4) is 0 Å². The van der Waals surface area contributed by atoms with Gasteiger partial charge in [-0.05, 0) is 41.7 Å². The third-order valence-electron chi connectivity index (χ3n) is 5.81. The number of rotatable bonds is 5. The first-order valence-electron chi connectivity index (χ1n) is 10.2. The summed E-state index contributed by atoms with van der Waals surface area (Å²) in [6.07, 6.45) is 1.98. The van der Waals surface area contributed by atoms with E-state index < -0.39 is 0 Å². The van der Waals surface area contributed by atoms with E-state index in [1.54, 1.807) is 14.2 Å². The van der Waals surface area contributed by atoms with Crippen molar-refractivity contribution in [3.63, 3.8) is 0 Å². The fourth-order valence-corrected chi connectivity index (χ4v) is 4.43. The lowest BCUT2D eigenvalue weighted by Gasteiger charge is -2.40. The molecule has 1 fully saturated rings. The molecule has 0 bridgehead atoms. The maximum atomic E-state index is 6.51. The Kier molecular flexibility index (Phi) is 6.15. The standard InChI is InChI=1S/C23H30N2O3/c1-26-20-15-18-9-6-14-28-23(19(18)16-21(20)27-2)22(17-7-4-3-5-8-17)25-12-10-24-11-13-25/h3-5,7-8,15-16,22-24H,6,9-14H2,1-2H3. The van der Waals surface area contributed by atoms with Gasteiger partial charge in [-0.25, -0.2) is 0 Å². The molecule has 4 rings (SSSR count). The Morgan fingerprint density at radius 3 is 2.46 bits per heavy atom. The molecular weight excluding hydrogens is 352 g/mol. The molecule has 5 heteroatoms. The summed E-state index contributed by atoms with van der Waals surface area (Å²) in [6, 6.07) is 15.2. The number of nitrogens with zero attached hydrogens (tertiary/aromatic N) is 1. The first kappa shape index (κ1) is 19.2. The van der Waals surface area contributed by atoms with E-state index in [-0.39, 0.29) is 12.1 Å². The van der Waals surface area contributed by atoms with Crippen LogP contribution in [0.4, 0.5) is 0 Å². The average Bonchev–Trinajstić information content (AvgIpc) is 2.96. The van der Waals surface area contributed by atoms with Gasteiger partial charge < -0.3 is 19.5 Å². The highest BCUT2D eigenvalue weighted by Gasteiger charge is 2.34. The smallest absolute Gasteiger partial charge is 0.161 e. The summed E-state index contributed by atoms with van der Waals surface area (Å²) in [7, 11) is 3.39.